The molecular formula is C29H41N5O6S. The van der Waals surface area contributed by atoms with Crippen molar-refractivity contribution in [1.29, 1.82) is 5.26 Å². The first kappa shape index (κ1) is 30.8. The molecule has 4 rings (SSSR count). The number of benzene rings is 1. The van der Waals surface area contributed by atoms with Crippen molar-refractivity contribution < 1.29 is 27.5 Å². The Labute approximate surface area is 242 Å². The van der Waals surface area contributed by atoms with Gasteiger partial charge in [0.2, 0.25) is 27.7 Å². The molecular weight excluding hydrogens is 546 g/mol. The number of nitriles is 1. The van der Waals surface area contributed by atoms with Crippen LogP contribution >= 0.6 is 0 Å². The van der Waals surface area contributed by atoms with E-state index < -0.39 is 45.4 Å². The molecule has 12 heteroatoms. The largest absolute Gasteiger partial charge is 0.497 e. The second-order valence-corrected chi connectivity index (χ2v) is 15.1. The molecule has 3 fully saturated rings. The average Bonchev–Trinajstić information content (AvgIpc) is 3.25. The number of ether oxygens (including phenoxy) is 1. The molecule has 224 valence electrons. The standard InChI is InChI=1S/C29H41N5O6S/c1-28(2,3)24(33(6)41(38,39)20-10-8-19(40-7)9-11-20)27(37)34-16-21-22(29(21,4)5)23(34)26(36)32-18(15-30)14-17-12-13-31-25(17)35/h8-11,17-18,21-24H,12-14,16H2,1-7H3,(H,31,35)(H,32,36)/t17-,18-,21-,22-,23-,24+/m0/s1. The Hall–Kier alpha value is -3.17. The number of amides is 3. The molecule has 0 aromatic heterocycles. The monoisotopic (exact) mass is 587 g/mol. The Balaban J connectivity index is 1.60. The van der Waals surface area contributed by atoms with Crippen LogP contribution in [0.15, 0.2) is 29.2 Å². The highest BCUT2D eigenvalue weighted by Crippen LogP contribution is 2.65. The van der Waals surface area contributed by atoms with Crippen LogP contribution in [0.2, 0.25) is 0 Å². The lowest BCUT2D eigenvalue weighted by molar-refractivity contribution is -0.145. The summed E-state index contributed by atoms with van der Waals surface area (Å²) in [4.78, 5) is 41.6. The van der Waals surface area contributed by atoms with Gasteiger partial charge in [-0.15, -0.1) is 0 Å². The Kier molecular flexibility index (Phi) is 8.19. The fraction of sp³-hybridized carbons (Fsp3) is 0.655. The second kappa shape index (κ2) is 10.9. The van der Waals surface area contributed by atoms with Crippen LogP contribution in [0.25, 0.3) is 0 Å². The van der Waals surface area contributed by atoms with E-state index in [0.717, 1.165) is 4.31 Å². The number of piperidine rings is 1. The zero-order valence-electron chi connectivity index (χ0n) is 24.8. The van der Waals surface area contributed by atoms with E-state index in [0.29, 0.717) is 25.3 Å². The molecule has 1 aromatic rings. The predicted molar refractivity (Wildman–Crippen MR) is 151 cm³/mol. The molecule has 2 heterocycles. The van der Waals surface area contributed by atoms with Crippen molar-refractivity contribution >= 4 is 27.7 Å². The van der Waals surface area contributed by atoms with E-state index in [1.807, 2.05) is 0 Å². The molecule has 1 saturated carbocycles. The number of fused-ring (bicyclic) bond motifs is 1. The first-order chi connectivity index (χ1) is 19.0. The lowest BCUT2D eigenvalue weighted by Crippen LogP contribution is -2.60. The summed E-state index contributed by atoms with van der Waals surface area (Å²) in [5.41, 5.74) is -0.982. The maximum absolute atomic E-state index is 14.3. The van der Waals surface area contributed by atoms with Gasteiger partial charge in [0.1, 0.15) is 23.9 Å². The van der Waals surface area contributed by atoms with Crippen LogP contribution < -0.4 is 15.4 Å². The summed E-state index contributed by atoms with van der Waals surface area (Å²) >= 11 is 0. The van der Waals surface area contributed by atoms with Crippen molar-refractivity contribution in [3.63, 3.8) is 0 Å². The van der Waals surface area contributed by atoms with Crippen molar-refractivity contribution in [2.24, 2.45) is 28.6 Å². The van der Waals surface area contributed by atoms with Gasteiger partial charge in [-0.2, -0.15) is 9.57 Å². The third-order valence-corrected chi connectivity index (χ3v) is 10.9. The van der Waals surface area contributed by atoms with Gasteiger partial charge < -0.3 is 20.3 Å². The molecule has 41 heavy (non-hydrogen) atoms. The second-order valence-electron chi connectivity index (χ2n) is 13.1. The zero-order valence-corrected chi connectivity index (χ0v) is 25.6. The molecule has 2 N–H and O–H groups in total. The predicted octanol–water partition coefficient (Wildman–Crippen LogP) is 1.75. The molecule has 3 aliphatic rings. The minimum absolute atomic E-state index is 0.0235. The van der Waals surface area contributed by atoms with Crippen LogP contribution in [0, 0.1) is 39.9 Å². The Bertz CT molecular complexity index is 1350. The van der Waals surface area contributed by atoms with E-state index in [1.165, 1.54) is 31.2 Å². The number of likely N-dealkylation sites (tertiary alicyclic amines) is 1. The van der Waals surface area contributed by atoms with Gasteiger partial charge in [-0.05, 0) is 59.8 Å². The number of nitrogens with zero attached hydrogens (tertiary/aromatic N) is 3. The number of hydrogen-bond acceptors (Lipinski definition) is 7. The quantitative estimate of drug-likeness (QED) is 0.447. The van der Waals surface area contributed by atoms with Gasteiger partial charge >= 0.3 is 0 Å². The highest BCUT2D eigenvalue weighted by molar-refractivity contribution is 7.89. The molecule has 0 radical (unpaired) electrons. The Morgan fingerprint density at radius 3 is 2.41 bits per heavy atom. The van der Waals surface area contributed by atoms with E-state index in [-0.39, 0.29) is 40.4 Å². The first-order valence-electron chi connectivity index (χ1n) is 14.0. The van der Waals surface area contributed by atoms with Crippen molar-refractivity contribution in [1.82, 2.24) is 19.8 Å². The van der Waals surface area contributed by atoms with E-state index in [2.05, 4.69) is 30.6 Å². The average molecular weight is 588 g/mol. The van der Waals surface area contributed by atoms with Gasteiger partial charge in [0.15, 0.2) is 0 Å². The summed E-state index contributed by atoms with van der Waals surface area (Å²) in [6, 6.07) is 5.23. The third-order valence-electron chi connectivity index (χ3n) is 9.07. The number of sulfonamides is 1. The van der Waals surface area contributed by atoms with E-state index >= 15 is 0 Å². The summed E-state index contributed by atoms with van der Waals surface area (Å²) in [5, 5.41) is 15.3. The lowest BCUT2D eigenvalue weighted by Gasteiger charge is -2.41. The topological polar surface area (TPSA) is 149 Å². The molecule has 3 amide bonds. The van der Waals surface area contributed by atoms with Gasteiger partial charge in [-0.1, -0.05) is 34.6 Å². The summed E-state index contributed by atoms with van der Waals surface area (Å²) in [7, 11) is -1.20. The Morgan fingerprint density at radius 1 is 1.27 bits per heavy atom. The van der Waals surface area contributed by atoms with Gasteiger partial charge in [0.05, 0.1) is 18.1 Å². The fourth-order valence-corrected chi connectivity index (χ4v) is 8.15. The van der Waals surface area contributed by atoms with E-state index in [1.54, 1.807) is 32.9 Å². The van der Waals surface area contributed by atoms with Crippen LogP contribution in [-0.2, 0) is 24.4 Å². The Morgan fingerprint density at radius 2 is 1.90 bits per heavy atom. The molecule has 0 spiro atoms. The maximum atomic E-state index is 14.3. The van der Waals surface area contributed by atoms with Crippen LogP contribution in [0.5, 0.6) is 5.75 Å². The number of rotatable bonds is 9. The minimum atomic E-state index is -4.08. The SMILES string of the molecule is COc1ccc(S(=O)(=O)N(C)[C@H](C(=O)N2C[C@H]3[C@@H]([C@H]2C(=O)N[C@H](C#N)C[C@@H]2CCNC2=O)C3(C)C)C(C)(C)C)cc1. The number of nitrogens with one attached hydrogen (secondary N) is 2. The van der Waals surface area contributed by atoms with Crippen molar-refractivity contribution in [2.75, 3.05) is 27.2 Å². The van der Waals surface area contributed by atoms with Gasteiger partial charge in [0, 0.05) is 26.1 Å². The zero-order chi connectivity index (χ0) is 30.5. The van der Waals surface area contributed by atoms with Crippen LogP contribution in [0.4, 0.5) is 0 Å². The van der Waals surface area contributed by atoms with Crippen LogP contribution in [0.1, 0.15) is 47.5 Å². The van der Waals surface area contributed by atoms with Gasteiger partial charge in [-0.25, -0.2) is 8.42 Å². The molecule has 1 aliphatic carbocycles. The third kappa shape index (κ3) is 5.66. The molecule has 6 atom stereocenters. The fourth-order valence-electron chi connectivity index (χ4n) is 6.65. The van der Waals surface area contributed by atoms with Gasteiger partial charge in [-0.3, -0.25) is 14.4 Å². The summed E-state index contributed by atoms with van der Waals surface area (Å²) < 4.78 is 33.6. The lowest BCUT2D eigenvalue weighted by atomic mass is 9.85. The molecule has 2 saturated heterocycles. The number of methoxy groups -OCH3 is 1. The highest BCUT2D eigenvalue weighted by atomic mass is 32.2. The van der Waals surface area contributed by atoms with Crippen molar-refractivity contribution in [2.45, 2.75) is 70.5 Å². The molecule has 0 unspecified atom stereocenters. The molecule has 1 aromatic carbocycles. The van der Waals surface area contributed by atoms with Crippen molar-refractivity contribution in [3.8, 4) is 11.8 Å². The first-order valence-corrected chi connectivity index (χ1v) is 15.4. The van der Waals surface area contributed by atoms with E-state index in [4.69, 9.17) is 4.74 Å². The smallest absolute Gasteiger partial charge is 0.244 e. The minimum Gasteiger partial charge on any atom is -0.497 e. The summed E-state index contributed by atoms with van der Waals surface area (Å²) in [5.74, 6) is -0.925. The molecule has 11 nitrogen and oxygen atoms in total. The maximum Gasteiger partial charge on any atom is 0.244 e. The van der Waals surface area contributed by atoms with Gasteiger partial charge in [0.25, 0.3) is 0 Å². The van der Waals surface area contributed by atoms with Crippen LogP contribution in [-0.4, -0.2) is 80.7 Å². The molecule has 0 bridgehead atoms. The summed E-state index contributed by atoms with van der Waals surface area (Å²) in [6.07, 6.45) is 0.792. The number of carbonyl (C=O) groups is 3. The van der Waals surface area contributed by atoms with Crippen LogP contribution in [0.3, 0.4) is 0 Å². The normalized spacial score (nSPS) is 26.5. The number of hydrogen-bond donors (Lipinski definition) is 2. The number of likely N-dealkylation sites (N-methyl/N-ethyl adjacent to an activating group) is 1. The molecule has 2 aliphatic heterocycles. The highest BCUT2D eigenvalue weighted by Gasteiger charge is 2.70. The van der Waals surface area contributed by atoms with Crippen molar-refractivity contribution in [3.05, 3.63) is 24.3 Å². The number of carbonyl (C=O) groups excluding carboxylic acids is 3. The van der Waals surface area contributed by atoms with E-state index in [9.17, 15) is 28.1 Å². The summed E-state index contributed by atoms with van der Waals surface area (Å²) in [6.45, 7) is 10.4.